The molecular formula is C13H7Cl4N3O2S. The van der Waals surface area contributed by atoms with Gasteiger partial charge in [-0.25, -0.2) is 4.79 Å². The zero-order chi connectivity index (χ0) is 17.4. The summed E-state index contributed by atoms with van der Waals surface area (Å²) < 4.78 is -0.250. The molecule has 0 spiro atoms. The maximum atomic E-state index is 12.6. The largest absolute Gasteiger partial charge is 0.346 e. The second-order valence-electron chi connectivity index (χ2n) is 4.35. The highest BCUT2D eigenvalue weighted by molar-refractivity contribution is 8.03. The number of aryl methyl sites for hydroxylation is 1. The summed E-state index contributed by atoms with van der Waals surface area (Å²) in [6.45, 7) is 1.73. The van der Waals surface area contributed by atoms with Crippen molar-refractivity contribution in [2.75, 3.05) is 0 Å². The van der Waals surface area contributed by atoms with Crippen LogP contribution in [-0.4, -0.2) is 11.7 Å². The molecule has 0 amide bonds. The first-order valence-electron chi connectivity index (χ1n) is 5.96. The molecule has 0 fully saturated rings. The van der Waals surface area contributed by atoms with Crippen molar-refractivity contribution in [3.63, 3.8) is 0 Å². The van der Waals surface area contributed by atoms with Crippen LogP contribution in [0.3, 0.4) is 0 Å². The Morgan fingerprint density at radius 1 is 1.26 bits per heavy atom. The third-order valence-electron chi connectivity index (χ3n) is 2.80. The lowest BCUT2D eigenvalue weighted by Gasteiger charge is -2.15. The highest BCUT2D eigenvalue weighted by atomic mass is 35.6. The van der Waals surface area contributed by atoms with Gasteiger partial charge in [0, 0.05) is 18.1 Å². The molecule has 120 valence electrons. The van der Waals surface area contributed by atoms with Gasteiger partial charge in [0.15, 0.2) is 0 Å². The number of para-hydroxylation sites is 1. The Kier molecular flexibility index (Phi) is 5.39. The van der Waals surface area contributed by atoms with Crippen LogP contribution in [0, 0.1) is 18.3 Å². The highest BCUT2D eigenvalue weighted by Crippen LogP contribution is 2.38. The lowest BCUT2D eigenvalue weighted by molar-refractivity contribution is 0.853. The van der Waals surface area contributed by atoms with Crippen molar-refractivity contribution in [2.45, 2.75) is 10.0 Å². The fraction of sp³-hybridized carbons (Fsp3) is 0.154. The number of nitrogens with zero attached hydrogens (tertiary/aromatic N) is 3. The van der Waals surface area contributed by atoms with E-state index < -0.39 is 14.4 Å². The lowest BCUT2D eigenvalue weighted by atomic mass is 10.2. The molecule has 0 N–H and O–H groups in total. The Balaban J connectivity index is 2.87. The van der Waals surface area contributed by atoms with E-state index in [0.717, 1.165) is 10.8 Å². The van der Waals surface area contributed by atoms with Crippen LogP contribution < -0.4 is 11.2 Å². The van der Waals surface area contributed by atoms with Gasteiger partial charge in [-0.3, -0.25) is 9.36 Å². The average Bonchev–Trinajstić information content (AvgIpc) is 2.44. The van der Waals surface area contributed by atoms with Gasteiger partial charge in [-0.15, -0.1) is 0 Å². The number of alkyl halides is 3. The van der Waals surface area contributed by atoms with E-state index in [2.05, 4.69) is 0 Å². The van der Waals surface area contributed by atoms with Gasteiger partial charge < -0.3 is 0 Å². The Morgan fingerprint density at radius 3 is 2.43 bits per heavy atom. The van der Waals surface area contributed by atoms with Crippen LogP contribution in [0.25, 0.3) is 5.69 Å². The van der Waals surface area contributed by atoms with E-state index in [-0.39, 0.29) is 10.6 Å². The molecule has 2 rings (SSSR count). The van der Waals surface area contributed by atoms with E-state index in [0.29, 0.717) is 27.2 Å². The van der Waals surface area contributed by atoms with E-state index >= 15 is 0 Å². The van der Waals surface area contributed by atoms with E-state index in [4.69, 9.17) is 51.7 Å². The Morgan fingerprint density at radius 2 is 1.91 bits per heavy atom. The van der Waals surface area contributed by atoms with Crippen molar-refractivity contribution >= 4 is 58.4 Å². The van der Waals surface area contributed by atoms with Gasteiger partial charge in [-0.2, -0.15) is 9.23 Å². The fourth-order valence-electron chi connectivity index (χ4n) is 1.88. The summed E-state index contributed by atoms with van der Waals surface area (Å²) in [6, 6.07) is 6.75. The molecule has 1 heterocycles. The van der Waals surface area contributed by atoms with Crippen molar-refractivity contribution in [1.82, 2.24) is 8.54 Å². The summed E-state index contributed by atoms with van der Waals surface area (Å²) in [4.78, 5) is 24.8. The Labute approximate surface area is 155 Å². The first-order chi connectivity index (χ1) is 10.7. The number of hydrogen-bond donors (Lipinski definition) is 0. The minimum Gasteiger partial charge on any atom is -0.267 e. The van der Waals surface area contributed by atoms with Gasteiger partial charge in [0.05, 0.1) is 10.7 Å². The summed E-state index contributed by atoms with van der Waals surface area (Å²) in [7, 11) is 0. The molecule has 0 aliphatic heterocycles. The van der Waals surface area contributed by atoms with E-state index in [1.54, 1.807) is 31.2 Å². The number of nitriles is 1. The van der Waals surface area contributed by atoms with Crippen LogP contribution in [0.15, 0.2) is 34.0 Å². The first kappa shape index (κ1) is 18.2. The van der Waals surface area contributed by atoms with Gasteiger partial charge in [0.25, 0.3) is 8.68 Å². The minimum atomic E-state index is -1.95. The molecule has 0 radical (unpaired) electrons. The van der Waals surface area contributed by atoms with Gasteiger partial charge in [-0.05, 0) is 18.6 Å². The first-order valence-corrected chi connectivity index (χ1v) is 8.25. The summed E-state index contributed by atoms with van der Waals surface area (Å²) in [5, 5.41) is 9.40. The molecule has 5 nitrogen and oxygen atoms in total. The molecule has 10 heteroatoms. The number of hydrogen-bond acceptors (Lipinski definition) is 4. The van der Waals surface area contributed by atoms with Gasteiger partial charge in [0.1, 0.15) is 11.6 Å². The van der Waals surface area contributed by atoms with Gasteiger partial charge in [0.2, 0.25) is 0 Å². The monoisotopic (exact) mass is 409 g/mol. The molecule has 2 aromatic rings. The molecule has 1 aromatic heterocycles. The molecule has 23 heavy (non-hydrogen) atoms. The summed E-state index contributed by atoms with van der Waals surface area (Å²) in [6.07, 6.45) is 1.12. The maximum Gasteiger partial charge on any atom is 0.346 e. The number of rotatable bonds is 2. The number of aromatic nitrogens is 2. The smallest absolute Gasteiger partial charge is 0.267 e. The summed E-state index contributed by atoms with van der Waals surface area (Å²) >= 11 is 23.5. The number of halogens is 4. The summed E-state index contributed by atoms with van der Waals surface area (Å²) in [5.41, 5.74) is -0.927. The van der Waals surface area contributed by atoms with E-state index in [1.165, 1.54) is 0 Å². The molecule has 1 aromatic carbocycles. The molecule has 0 unspecified atom stereocenters. The highest BCUT2D eigenvalue weighted by Gasteiger charge is 2.26. The number of benzene rings is 1. The van der Waals surface area contributed by atoms with Crippen molar-refractivity contribution in [3.8, 4) is 11.8 Å². The van der Waals surface area contributed by atoms with Crippen molar-refractivity contribution in [2.24, 2.45) is 0 Å². The van der Waals surface area contributed by atoms with Gasteiger partial charge in [-0.1, -0.05) is 58.5 Å². The normalized spacial score (nSPS) is 11.3. The van der Waals surface area contributed by atoms with Crippen molar-refractivity contribution < 1.29 is 0 Å². The molecule has 0 bridgehead atoms. The second kappa shape index (κ2) is 6.80. The SMILES string of the molecule is Cc1cccc(Cl)c1-n1cc(C#N)c(=O)n(SC(Cl)(Cl)Cl)c1=O. The van der Waals surface area contributed by atoms with E-state index in [9.17, 15) is 9.59 Å². The van der Waals surface area contributed by atoms with Crippen LogP contribution >= 0.6 is 58.4 Å². The molecule has 0 saturated heterocycles. The lowest BCUT2D eigenvalue weighted by Crippen LogP contribution is -2.38. The quantitative estimate of drug-likeness (QED) is 0.708. The minimum absolute atomic E-state index is 0.278. The van der Waals surface area contributed by atoms with Crippen molar-refractivity contribution in [1.29, 1.82) is 5.26 Å². The fourth-order valence-corrected chi connectivity index (χ4v) is 3.37. The van der Waals surface area contributed by atoms with Crippen LogP contribution in [0.4, 0.5) is 0 Å². The average molecular weight is 411 g/mol. The molecular weight excluding hydrogens is 404 g/mol. The zero-order valence-electron chi connectivity index (χ0n) is 11.4. The van der Waals surface area contributed by atoms with Crippen LogP contribution in [-0.2, 0) is 0 Å². The standard InChI is InChI=1S/C13H7Cl4N3O2S/c1-7-3-2-4-9(14)10(7)19-6-8(5-18)11(21)20(12(19)22)23-13(15,16)17/h2-4,6H,1H3. The molecule has 0 aliphatic carbocycles. The van der Waals surface area contributed by atoms with E-state index in [1.807, 2.05) is 0 Å². The molecule has 0 saturated carbocycles. The maximum absolute atomic E-state index is 12.6. The van der Waals surface area contributed by atoms with Crippen molar-refractivity contribution in [3.05, 3.63) is 61.4 Å². The Hall–Kier alpha value is -1.10. The van der Waals surface area contributed by atoms with Crippen LogP contribution in [0.2, 0.25) is 5.02 Å². The third kappa shape index (κ3) is 3.87. The molecule has 0 atom stereocenters. The molecule has 0 aliphatic rings. The van der Waals surface area contributed by atoms with Crippen LogP contribution in [0.5, 0.6) is 0 Å². The topological polar surface area (TPSA) is 67.8 Å². The predicted molar refractivity (Wildman–Crippen MR) is 94.0 cm³/mol. The van der Waals surface area contributed by atoms with Gasteiger partial charge >= 0.3 is 5.69 Å². The Bertz CT molecular complexity index is 905. The summed E-state index contributed by atoms with van der Waals surface area (Å²) in [5.74, 6) is 0. The third-order valence-corrected chi connectivity index (χ3v) is 4.44. The zero-order valence-corrected chi connectivity index (χ0v) is 15.2. The van der Waals surface area contributed by atoms with Crippen LogP contribution in [0.1, 0.15) is 11.1 Å². The predicted octanol–water partition coefficient (Wildman–Crippen LogP) is 3.66. The second-order valence-corrected chi connectivity index (χ2v) is 8.87.